The lowest BCUT2D eigenvalue weighted by atomic mass is 10.0. The standard InChI is InChI=1S/C56H104N2O8/c1-9-13-17-21-25-29-33-37-45-61-49-51(63-47-39-35-31-27-23-19-15-11-3)55(65-53(59)41-43-57(5)6)56(66-54(60)42-44-58(7)8)52(64-48-40-36-32-28-24-20-16-12-4)50-62-46-38-34-30-26-22-18-14-10-2/h25-32,51-52,55-56H,9-24,33-50H2,1-8H3/b29-25-,30-26-,31-27-,32-28-. The summed E-state index contributed by atoms with van der Waals surface area (Å²) in [5.41, 5.74) is 0. The first-order valence-corrected chi connectivity index (χ1v) is 26.9. The largest absolute Gasteiger partial charge is 0.455 e. The van der Waals surface area contributed by atoms with Gasteiger partial charge in [-0.1, -0.05) is 128 Å². The van der Waals surface area contributed by atoms with Crippen molar-refractivity contribution >= 4 is 11.9 Å². The third kappa shape index (κ3) is 41.8. The molecule has 10 heteroatoms. The quantitative estimate of drug-likeness (QED) is 0.0333. The highest BCUT2D eigenvalue weighted by Gasteiger charge is 2.42. The minimum Gasteiger partial charge on any atom is -0.455 e. The molecular weight excluding hydrogens is 829 g/mol. The first-order valence-electron chi connectivity index (χ1n) is 26.9. The highest BCUT2D eigenvalue weighted by molar-refractivity contribution is 5.71. The molecule has 0 heterocycles. The molecule has 0 fully saturated rings. The molecule has 0 N–H and O–H groups in total. The van der Waals surface area contributed by atoms with Crippen molar-refractivity contribution < 1.29 is 38.0 Å². The number of unbranched alkanes of at least 4 members (excludes halogenated alkanes) is 16. The van der Waals surface area contributed by atoms with Crippen LogP contribution in [0.3, 0.4) is 0 Å². The third-order valence-corrected chi connectivity index (χ3v) is 11.3. The van der Waals surface area contributed by atoms with E-state index < -0.39 is 36.4 Å². The van der Waals surface area contributed by atoms with E-state index in [2.05, 4.69) is 76.3 Å². The summed E-state index contributed by atoms with van der Waals surface area (Å²) in [6.45, 7) is 12.2. The van der Waals surface area contributed by atoms with Gasteiger partial charge in [0.15, 0.2) is 12.2 Å². The van der Waals surface area contributed by atoms with Crippen LogP contribution in [-0.2, 0) is 38.0 Å². The average Bonchev–Trinajstić information content (AvgIpc) is 3.30. The molecule has 0 aliphatic carbocycles. The van der Waals surface area contributed by atoms with Crippen molar-refractivity contribution in [2.24, 2.45) is 0 Å². The third-order valence-electron chi connectivity index (χ3n) is 11.3. The van der Waals surface area contributed by atoms with Crippen molar-refractivity contribution in [3.63, 3.8) is 0 Å². The first kappa shape index (κ1) is 63.7. The summed E-state index contributed by atoms with van der Waals surface area (Å²) >= 11 is 0. The Bertz CT molecular complexity index is 1100. The zero-order valence-corrected chi connectivity index (χ0v) is 44.1. The summed E-state index contributed by atoms with van der Waals surface area (Å²) in [4.78, 5) is 31.6. The van der Waals surface area contributed by atoms with E-state index in [0.29, 0.717) is 39.5 Å². The molecule has 0 aliphatic rings. The fourth-order valence-corrected chi connectivity index (χ4v) is 7.10. The van der Waals surface area contributed by atoms with E-state index in [4.69, 9.17) is 28.4 Å². The Morgan fingerprint density at radius 1 is 0.394 bits per heavy atom. The monoisotopic (exact) mass is 933 g/mol. The summed E-state index contributed by atoms with van der Waals surface area (Å²) in [5, 5.41) is 0. The van der Waals surface area contributed by atoms with Gasteiger partial charge in [-0.15, -0.1) is 0 Å². The van der Waals surface area contributed by atoms with Gasteiger partial charge in [-0.3, -0.25) is 9.59 Å². The Labute approximate surface area is 407 Å². The molecule has 4 unspecified atom stereocenters. The number of hydrogen-bond donors (Lipinski definition) is 0. The summed E-state index contributed by atoms with van der Waals surface area (Å²) < 4.78 is 39.1. The molecule has 66 heavy (non-hydrogen) atoms. The predicted molar refractivity (Wildman–Crippen MR) is 277 cm³/mol. The van der Waals surface area contributed by atoms with Gasteiger partial charge in [0.1, 0.15) is 12.2 Å². The number of nitrogens with zero attached hydrogens (tertiary/aromatic N) is 2. The van der Waals surface area contributed by atoms with Gasteiger partial charge in [0, 0.05) is 39.5 Å². The number of esters is 2. The van der Waals surface area contributed by atoms with Crippen molar-refractivity contribution in [3.8, 4) is 0 Å². The minimum atomic E-state index is -0.996. The second-order valence-electron chi connectivity index (χ2n) is 18.4. The summed E-state index contributed by atoms with van der Waals surface area (Å²) in [6.07, 6.45) is 40.9. The molecule has 0 aromatic rings. The minimum absolute atomic E-state index is 0.171. The van der Waals surface area contributed by atoms with Crippen molar-refractivity contribution in [2.45, 2.75) is 219 Å². The molecule has 386 valence electrons. The van der Waals surface area contributed by atoms with Crippen molar-refractivity contribution in [1.29, 1.82) is 0 Å². The Hall–Kier alpha value is -2.34. The van der Waals surface area contributed by atoms with E-state index in [1.807, 2.05) is 38.0 Å². The zero-order valence-electron chi connectivity index (χ0n) is 44.1. The molecule has 10 nitrogen and oxygen atoms in total. The van der Waals surface area contributed by atoms with E-state index in [9.17, 15) is 9.59 Å². The molecule has 0 rings (SSSR count). The van der Waals surface area contributed by atoms with Crippen LogP contribution in [0.4, 0.5) is 0 Å². The normalized spacial score (nSPS) is 14.2. The Morgan fingerprint density at radius 2 is 0.667 bits per heavy atom. The lowest BCUT2D eigenvalue weighted by molar-refractivity contribution is -0.206. The van der Waals surface area contributed by atoms with Crippen LogP contribution in [0.2, 0.25) is 0 Å². The lowest BCUT2D eigenvalue weighted by Crippen LogP contribution is -2.54. The number of allylic oxidation sites excluding steroid dienone is 8. The van der Waals surface area contributed by atoms with Crippen molar-refractivity contribution in [2.75, 3.05) is 80.9 Å². The van der Waals surface area contributed by atoms with Gasteiger partial charge in [-0.25, -0.2) is 0 Å². The van der Waals surface area contributed by atoms with E-state index in [1.165, 1.54) is 77.0 Å². The number of ether oxygens (including phenoxy) is 6. The maximum Gasteiger partial charge on any atom is 0.307 e. The lowest BCUT2D eigenvalue weighted by Gasteiger charge is -2.37. The second-order valence-corrected chi connectivity index (χ2v) is 18.4. The van der Waals surface area contributed by atoms with E-state index in [1.54, 1.807) is 0 Å². The van der Waals surface area contributed by atoms with E-state index >= 15 is 0 Å². The van der Waals surface area contributed by atoms with Crippen LogP contribution >= 0.6 is 0 Å². The van der Waals surface area contributed by atoms with Crippen LogP contribution in [0.1, 0.15) is 195 Å². The van der Waals surface area contributed by atoms with Crippen LogP contribution in [0.15, 0.2) is 48.6 Å². The summed E-state index contributed by atoms with van der Waals surface area (Å²) in [5.74, 6) is -0.781. The van der Waals surface area contributed by atoms with Gasteiger partial charge in [0.25, 0.3) is 0 Å². The van der Waals surface area contributed by atoms with Crippen LogP contribution in [0.25, 0.3) is 0 Å². The topological polar surface area (TPSA) is 96.0 Å². The van der Waals surface area contributed by atoms with Gasteiger partial charge in [0.05, 0.1) is 26.1 Å². The van der Waals surface area contributed by atoms with Gasteiger partial charge in [-0.05, 0) is 131 Å². The number of carbonyl (C=O) groups is 2. The smallest absolute Gasteiger partial charge is 0.307 e. The number of rotatable bonds is 49. The number of carbonyl (C=O) groups excluding carboxylic acids is 2. The van der Waals surface area contributed by atoms with Gasteiger partial charge >= 0.3 is 11.9 Å². The van der Waals surface area contributed by atoms with E-state index in [-0.39, 0.29) is 26.1 Å². The molecule has 0 aromatic heterocycles. The predicted octanol–water partition coefficient (Wildman–Crippen LogP) is 13.2. The van der Waals surface area contributed by atoms with Crippen LogP contribution < -0.4 is 0 Å². The second kappa shape index (κ2) is 49.1. The van der Waals surface area contributed by atoms with Gasteiger partial charge in [0.2, 0.25) is 0 Å². The average molecular weight is 933 g/mol. The fraction of sp³-hybridized carbons (Fsp3) is 0.821. The maximum absolute atomic E-state index is 13.8. The Kier molecular flexibility index (Phi) is 47.4. The molecule has 0 aromatic carbocycles. The summed E-state index contributed by atoms with van der Waals surface area (Å²) in [7, 11) is 7.73. The molecule has 0 aliphatic heterocycles. The Balaban J connectivity index is 6.76. The number of hydrogen-bond acceptors (Lipinski definition) is 10. The zero-order chi connectivity index (χ0) is 48.6. The molecule has 0 saturated heterocycles. The highest BCUT2D eigenvalue weighted by Crippen LogP contribution is 2.23. The van der Waals surface area contributed by atoms with Crippen LogP contribution in [0.5, 0.6) is 0 Å². The van der Waals surface area contributed by atoms with Crippen LogP contribution in [-0.4, -0.2) is 127 Å². The summed E-state index contributed by atoms with van der Waals surface area (Å²) in [6, 6.07) is 0. The van der Waals surface area contributed by atoms with Gasteiger partial charge in [-0.2, -0.15) is 0 Å². The molecule has 4 atom stereocenters. The van der Waals surface area contributed by atoms with Crippen molar-refractivity contribution in [3.05, 3.63) is 48.6 Å². The highest BCUT2D eigenvalue weighted by atomic mass is 16.6. The first-order chi connectivity index (χ1) is 32.2. The molecule has 0 bridgehead atoms. The molecule has 0 spiro atoms. The van der Waals surface area contributed by atoms with Gasteiger partial charge < -0.3 is 38.2 Å². The SMILES string of the molecule is CCCCC/C=C\CCCOCC(OCCC/C=C\CCCCC)C(OC(=O)CCN(C)C)C(OC(=O)CCN(C)C)C(COCCC/C=C\CCCCC)OCCC/C=C\CCCCC. The maximum atomic E-state index is 13.8. The molecule has 0 radical (unpaired) electrons. The van der Waals surface area contributed by atoms with Crippen LogP contribution in [0, 0.1) is 0 Å². The molecular formula is C56H104N2O8. The molecule has 0 amide bonds. The molecule has 0 saturated carbocycles. The van der Waals surface area contributed by atoms with Crippen molar-refractivity contribution in [1.82, 2.24) is 9.80 Å². The van der Waals surface area contributed by atoms with E-state index in [0.717, 1.165) is 77.0 Å². The Morgan fingerprint density at radius 3 is 0.939 bits per heavy atom. The fourth-order valence-electron chi connectivity index (χ4n) is 7.10.